The molecule has 0 aromatic carbocycles. The van der Waals surface area contributed by atoms with E-state index in [1.807, 2.05) is 0 Å². The van der Waals surface area contributed by atoms with E-state index >= 15 is 0 Å². The predicted octanol–water partition coefficient (Wildman–Crippen LogP) is 0.607. The number of aromatic nitrogens is 2. The minimum absolute atomic E-state index is 0.278. The van der Waals surface area contributed by atoms with Gasteiger partial charge in [-0.15, -0.1) is 12.6 Å². The third-order valence-corrected chi connectivity index (χ3v) is 0.949. The molecule has 0 spiro atoms. The van der Waals surface area contributed by atoms with Crippen molar-refractivity contribution in [3.8, 4) is 0 Å². The first-order valence-corrected chi connectivity index (χ1v) is 2.53. The summed E-state index contributed by atoms with van der Waals surface area (Å²) in [6.07, 6.45) is 1.28. The van der Waals surface area contributed by atoms with E-state index in [-0.39, 0.29) is 5.95 Å². The molecule has 1 rings (SSSR count). The van der Waals surface area contributed by atoms with Gasteiger partial charge in [0, 0.05) is 0 Å². The van der Waals surface area contributed by atoms with Gasteiger partial charge in [0.05, 0.1) is 0 Å². The van der Waals surface area contributed by atoms with Crippen LogP contribution in [0.4, 0.5) is 5.95 Å². The van der Waals surface area contributed by atoms with Gasteiger partial charge in [-0.2, -0.15) is 0 Å². The lowest BCUT2D eigenvalue weighted by atomic mass is 11.0. The first-order valence-electron chi connectivity index (χ1n) is 2.08. The fraction of sp³-hybridized carbons (Fsp3) is 0. The summed E-state index contributed by atoms with van der Waals surface area (Å²) >= 11 is 3.78. The van der Waals surface area contributed by atoms with Gasteiger partial charge >= 0.3 is 5.95 Å². The predicted molar refractivity (Wildman–Crippen MR) is 32.5 cm³/mol. The van der Waals surface area contributed by atoms with Crippen LogP contribution < -0.4 is 0 Å². The van der Waals surface area contributed by atoms with Crippen LogP contribution in [0.25, 0.3) is 0 Å². The highest BCUT2D eigenvalue weighted by Gasteiger charge is 2.06. The number of nitrogens with one attached hydrogen (secondary N) is 1. The molecule has 0 aliphatic heterocycles. The molecule has 0 saturated heterocycles. The normalized spacial score (nSPS) is 9.44. The lowest BCUT2D eigenvalue weighted by Crippen LogP contribution is -1.88. The molecule has 1 heterocycles. The molecule has 5 nitrogen and oxygen atoms in total. The molecule has 0 amide bonds. The van der Waals surface area contributed by atoms with E-state index in [0.717, 1.165) is 0 Å². The Labute approximate surface area is 55.7 Å². The first-order chi connectivity index (χ1) is 4.20. The Bertz CT molecular complexity index is 233. The molecule has 0 fully saturated rings. The van der Waals surface area contributed by atoms with Crippen molar-refractivity contribution >= 4 is 18.6 Å². The number of thiol groups is 1. The summed E-state index contributed by atoms with van der Waals surface area (Å²) in [5.41, 5.74) is 0. The van der Waals surface area contributed by atoms with Crippen molar-refractivity contribution in [2.75, 3.05) is 0 Å². The van der Waals surface area contributed by atoms with Gasteiger partial charge in [-0.1, -0.05) is 4.98 Å². The molecule has 1 aromatic heterocycles. The lowest BCUT2D eigenvalue weighted by Gasteiger charge is -1.84. The maximum Gasteiger partial charge on any atom is 0.433 e. The number of hydrogen-bond acceptors (Lipinski definition) is 4. The van der Waals surface area contributed by atoms with Crippen LogP contribution in [0.15, 0.2) is 11.2 Å². The van der Waals surface area contributed by atoms with Crippen LogP contribution in [0, 0.1) is 10.1 Å². The SMILES string of the molecule is O=[N+]([O-])c1ncc(S)[nH]1. The van der Waals surface area contributed by atoms with Gasteiger partial charge in [-0.3, -0.25) is 0 Å². The second kappa shape index (κ2) is 2.06. The number of aromatic amines is 1. The summed E-state index contributed by atoms with van der Waals surface area (Å²) in [6, 6.07) is 0. The van der Waals surface area contributed by atoms with Crippen LogP contribution in [0.3, 0.4) is 0 Å². The van der Waals surface area contributed by atoms with Crippen molar-refractivity contribution in [1.82, 2.24) is 9.97 Å². The van der Waals surface area contributed by atoms with Gasteiger partial charge in [0.15, 0.2) is 11.2 Å². The average Bonchev–Trinajstić information content (AvgIpc) is 2.14. The van der Waals surface area contributed by atoms with E-state index < -0.39 is 4.92 Å². The van der Waals surface area contributed by atoms with Gasteiger partial charge in [0.1, 0.15) is 0 Å². The van der Waals surface area contributed by atoms with E-state index in [2.05, 4.69) is 22.6 Å². The molecule has 0 aliphatic carbocycles. The fourth-order valence-corrected chi connectivity index (χ4v) is 0.552. The van der Waals surface area contributed by atoms with Gasteiger partial charge in [-0.25, -0.2) is 4.98 Å². The molecule has 0 bridgehead atoms. The van der Waals surface area contributed by atoms with E-state index in [0.29, 0.717) is 5.03 Å². The molecular weight excluding hydrogens is 142 g/mol. The maximum absolute atomic E-state index is 9.89. The largest absolute Gasteiger partial charge is 0.433 e. The number of H-pyrrole nitrogens is 1. The lowest BCUT2D eigenvalue weighted by molar-refractivity contribution is -0.394. The highest BCUT2D eigenvalue weighted by molar-refractivity contribution is 7.80. The molecule has 0 saturated carbocycles. The number of rotatable bonds is 1. The first kappa shape index (κ1) is 6.09. The van der Waals surface area contributed by atoms with E-state index in [1.165, 1.54) is 6.20 Å². The summed E-state index contributed by atoms with van der Waals surface area (Å²) in [7, 11) is 0. The third-order valence-electron chi connectivity index (χ3n) is 0.722. The molecule has 0 atom stereocenters. The molecule has 1 aromatic rings. The second-order valence-electron chi connectivity index (χ2n) is 1.35. The Morgan fingerprint density at radius 1 is 1.89 bits per heavy atom. The minimum atomic E-state index is -0.611. The van der Waals surface area contributed by atoms with Crippen molar-refractivity contribution in [3.05, 3.63) is 16.3 Å². The highest BCUT2D eigenvalue weighted by Crippen LogP contribution is 2.06. The Hall–Kier alpha value is -1.04. The zero-order valence-electron chi connectivity index (χ0n) is 4.24. The van der Waals surface area contributed by atoms with E-state index in [4.69, 9.17) is 0 Å². The van der Waals surface area contributed by atoms with E-state index in [9.17, 15) is 10.1 Å². The van der Waals surface area contributed by atoms with Crippen molar-refractivity contribution < 1.29 is 4.92 Å². The molecular formula is C3H3N3O2S. The summed E-state index contributed by atoms with van der Waals surface area (Å²) in [6.45, 7) is 0. The standard InChI is InChI=1S/C3H3N3O2S/c7-6(8)3-4-1-2(9)5-3/h1,9H,(H,4,5). The molecule has 0 radical (unpaired) electrons. The molecule has 1 N–H and O–H groups in total. The van der Waals surface area contributed by atoms with Crippen LogP contribution in [0.1, 0.15) is 0 Å². The monoisotopic (exact) mass is 145 g/mol. The second-order valence-corrected chi connectivity index (χ2v) is 1.83. The topological polar surface area (TPSA) is 71.8 Å². The van der Waals surface area contributed by atoms with Gasteiger partial charge in [-0.05, 0) is 4.92 Å². The summed E-state index contributed by atoms with van der Waals surface area (Å²) < 4.78 is 0. The molecule has 0 unspecified atom stereocenters. The average molecular weight is 145 g/mol. The van der Waals surface area contributed by atoms with Crippen LogP contribution in [-0.2, 0) is 0 Å². The number of nitro groups is 1. The van der Waals surface area contributed by atoms with Crippen LogP contribution >= 0.6 is 12.6 Å². The molecule has 48 valence electrons. The zero-order valence-corrected chi connectivity index (χ0v) is 5.13. The summed E-state index contributed by atoms with van der Waals surface area (Å²) in [5.74, 6) is -0.278. The maximum atomic E-state index is 9.89. The van der Waals surface area contributed by atoms with Crippen LogP contribution in [0.5, 0.6) is 0 Å². The molecule has 9 heavy (non-hydrogen) atoms. The van der Waals surface area contributed by atoms with Crippen molar-refractivity contribution in [3.63, 3.8) is 0 Å². The fourth-order valence-electron chi connectivity index (χ4n) is 0.394. The van der Waals surface area contributed by atoms with E-state index in [1.54, 1.807) is 0 Å². The molecule has 6 heteroatoms. The van der Waals surface area contributed by atoms with Gasteiger partial charge < -0.3 is 10.1 Å². The molecule has 0 aliphatic rings. The Kier molecular flexibility index (Phi) is 1.39. The van der Waals surface area contributed by atoms with Crippen molar-refractivity contribution in [1.29, 1.82) is 0 Å². The van der Waals surface area contributed by atoms with Crippen molar-refractivity contribution in [2.45, 2.75) is 5.03 Å². The van der Waals surface area contributed by atoms with Crippen molar-refractivity contribution in [2.24, 2.45) is 0 Å². The summed E-state index contributed by atoms with van der Waals surface area (Å²) in [5, 5.41) is 10.3. The minimum Gasteiger partial charge on any atom is -0.390 e. The van der Waals surface area contributed by atoms with Crippen LogP contribution in [0.2, 0.25) is 0 Å². The number of hydrogen-bond donors (Lipinski definition) is 2. The summed E-state index contributed by atoms with van der Waals surface area (Å²) in [4.78, 5) is 15.0. The quantitative estimate of drug-likeness (QED) is 0.345. The number of nitrogens with zero attached hydrogens (tertiary/aromatic N) is 2. The van der Waals surface area contributed by atoms with Gasteiger partial charge in [0.2, 0.25) is 0 Å². The van der Waals surface area contributed by atoms with Crippen LogP contribution in [-0.4, -0.2) is 14.9 Å². The third kappa shape index (κ3) is 1.20. The Morgan fingerprint density at radius 3 is 2.78 bits per heavy atom. The Morgan fingerprint density at radius 2 is 2.56 bits per heavy atom. The highest BCUT2D eigenvalue weighted by atomic mass is 32.1. The number of imidazole rings is 1. The zero-order chi connectivity index (χ0) is 6.85. The van der Waals surface area contributed by atoms with Gasteiger partial charge in [0.25, 0.3) is 0 Å². The Balaban J connectivity index is 2.98. The smallest absolute Gasteiger partial charge is 0.390 e.